The topological polar surface area (TPSA) is 82.7 Å². The molecule has 26 heavy (non-hydrogen) atoms. The van der Waals surface area contributed by atoms with Crippen molar-refractivity contribution in [3.05, 3.63) is 23.0 Å². The van der Waals surface area contributed by atoms with E-state index in [9.17, 15) is 5.11 Å². The van der Waals surface area contributed by atoms with Gasteiger partial charge >= 0.3 is 0 Å². The molecule has 0 bridgehead atoms. The molecular formula is C20H36N4O2. The summed E-state index contributed by atoms with van der Waals surface area (Å²) in [5.41, 5.74) is 4.16. The molecule has 0 saturated heterocycles. The standard InChI is InChI=1S/C18H30N4O.C2H6O/c1-11(2)8-14(10-23)19-17-20-16(18(5,6)7)15-12(3)9-13(4)21-22(15)17;1-2-3/h9,11,14,23H,8,10H2,1-7H3,(H,19,20);3H,2H2,1H3. The molecular weight excluding hydrogens is 328 g/mol. The predicted molar refractivity (Wildman–Crippen MR) is 108 cm³/mol. The lowest BCUT2D eigenvalue weighted by molar-refractivity contribution is 0.258. The fraction of sp³-hybridized carbons (Fsp3) is 0.700. The molecule has 1 atom stereocenters. The van der Waals surface area contributed by atoms with E-state index < -0.39 is 0 Å². The Bertz CT molecular complexity index is 702. The van der Waals surface area contributed by atoms with E-state index in [4.69, 9.17) is 10.1 Å². The van der Waals surface area contributed by atoms with Gasteiger partial charge in [-0.25, -0.2) is 4.98 Å². The number of fused-ring (bicyclic) bond motifs is 1. The SMILES string of the molecule is CCO.Cc1cc(C)c2c(C(C)(C)C)nc(NC(CO)CC(C)C)n2n1. The molecule has 2 heterocycles. The average Bonchev–Trinajstić information content (AvgIpc) is 2.86. The van der Waals surface area contributed by atoms with Crippen LogP contribution in [0.3, 0.4) is 0 Å². The monoisotopic (exact) mass is 364 g/mol. The van der Waals surface area contributed by atoms with Gasteiger partial charge < -0.3 is 15.5 Å². The fourth-order valence-corrected chi connectivity index (χ4v) is 2.98. The number of imidazole rings is 1. The Morgan fingerprint density at radius 1 is 1.19 bits per heavy atom. The van der Waals surface area contributed by atoms with Gasteiger partial charge in [-0.3, -0.25) is 0 Å². The molecule has 2 aromatic rings. The lowest BCUT2D eigenvalue weighted by Crippen LogP contribution is -2.27. The van der Waals surface area contributed by atoms with Crippen molar-refractivity contribution in [2.45, 2.75) is 73.3 Å². The van der Waals surface area contributed by atoms with Crippen molar-refractivity contribution in [1.29, 1.82) is 0 Å². The van der Waals surface area contributed by atoms with Gasteiger partial charge in [0.25, 0.3) is 0 Å². The normalized spacial score (nSPS) is 12.9. The van der Waals surface area contributed by atoms with Gasteiger partial charge in [-0.1, -0.05) is 34.6 Å². The molecule has 0 aliphatic heterocycles. The van der Waals surface area contributed by atoms with Crippen LogP contribution in [0.2, 0.25) is 0 Å². The molecule has 6 heteroatoms. The predicted octanol–water partition coefficient (Wildman–Crippen LogP) is 3.46. The second kappa shape index (κ2) is 9.33. The van der Waals surface area contributed by atoms with Gasteiger partial charge in [0.2, 0.25) is 5.95 Å². The van der Waals surface area contributed by atoms with Crippen molar-refractivity contribution in [3.8, 4) is 0 Å². The average molecular weight is 365 g/mol. The van der Waals surface area contributed by atoms with E-state index in [1.807, 2.05) is 11.4 Å². The number of hydrogen-bond donors (Lipinski definition) is 3. The number of anilines is 1. The molecule has 2 aromatic heterocycles. The second-order valence-electron chi connectivity index (χ2n) is 8.23. The third-order valence-corrected chi connectivity index (χ3v) is 3.93. The molecule has 0 aliphatic rings. The first-order chi connectivity index (χ1) is 12.0. The third-order valence-electron chi connectivity index (χ3n) is 3.93. The van der Waals surface area contributed by atoms with Gasteiger partial charge in [0, 0.05) is 12.0 Å². The van der Waals surface area contributed by atoms with Crippen LogP contribution in [-0.4, -0.2) is 44.1 Å². The molecule has 148 valence electrons. The first kappa shape index (κ1) is 22.4. The van der Waals surface area contributed by atoms with Crippen LogP contribution >= 0.6 is 0 Å². The van der Waals surface area contributed by atoms with Crippen LogP contribution in [-0.2, 0) is 5.41 Å². The summed E-state index contributed by atoms with van der Waals surface area (Å²) in [7, 11) is 0. The largest absolute Gasteiger partial charge is 0.397 e. The van der Waals surface area contributed by atoms with E-state index in [0.717, 1.165) is 29.3 Å². The van der Waals surface area contributed by atoms with Crippen molar-refractivity contribution in [2.75, 3.05) is 18.5 Å². The first-order valence-corrected chi connectivity index (χ1v) is 9.40. The Hall–Kier alpha value is -1.66. The molecule has 0 aliphatic carbocycles. The molecule has 0 aromatic carbocycles. The third kappa shape index (κ3) is 5.68. The maximum atomic E-state index is 9.66. The Balaban J connectivity index is 0.00000105. The summed E-state index contributed by atoms with van der Waals surface area (Å²) in [6, 6.07) is 2.07. The first-order valence-electron chi connectivity index (χ1n) is 9.40. The van der Waals surface area contributed by atoms with E-state index in [1.54, 1.807) is 6.92 Å². The van der Waals surface area contributed by atoms with E-state index in [-0.39, 0.29) is 24.7 Å². The summed E-state index contributed by atoms with van der Waals surface area (Å²) in [6.07, 6.45) is 0.890. The maximum absolute atomic E-state index is 9.66. The summed E-state index contributed by atoms with van der Waals surface area (Å²) in [5.74, 6) is 1.22. The van der Waals surface area contributed by atoms with Crippen molar-refractivity contribution < 1.29 is 10.2 Å². The van der Waals surface area contributed by atoms with Gasteiger partial charge in [-0.2, -0.15) is 9.61 Å². The van der Waals surface area contributed by atoms with Crippen molar-refractivity contribution >= 4 is 11.5 Å². The molecule has 0 radical (unpaired) electrons. The smallest absolute Gasteiger partial charge is 0.225 e. The minimum atomic E-state index is -0.0698. The Morgan fingerprint density at radius 2 is 1.77 bits per heavy atom. The zero-order valence-electron chi connectivity index (χ0n) is 17.6. The molecule has 0 saturated carbocycles. The minimum absolute atomic E-state index is 0.0176. The summed E-state index contributed by atoms with van der Waals surface area (Å²) in [5, 5.41) is 25.3. The number of nitrogens with one attached hydrogen (secondary N) is 1. The lowest BCUT2D eigenvalue weighted by atomic mass is 9.90. The fourth-order valence-electron chi connectivity index (χ4n) is 2.98. The van der Waals surface area contributed by atoms with Crippen molar-refractivity contribution in [1.82, 2.24) is 14.6 Å². The number of aliphatic hydroxyl groups excluding tert-OH is 2. The van der Waals surface area contributed by atoms with Crippen LogP contribution in [0.15, 0.2) is 6.07 Å². The Kier molecular flexibility index (Phi) is 8.03. The van der Waals surface area contributed by atoms with Gasteiger partial charge in [-0.05, 0) is 44.7 Å². The zero-order valence-corrected chi connectivity index (χ0v) is 17.6. The minimum Gasteiger partial charge on any atom is -0.397 e. The van der Waals surface area contributed by atoms with Crippen molar-refractivity contribution in [3.63, 3.8) is 0 Å². The molecule has 3 N–H and O–H groups in total. The molecule has 0 fully saturated rings. The summed E-state index contributed by atoms with van der Waals surface area (Å²) < 4.78 is 1.90. The Labute approximate surface area is 157 Å². The van der Waals surface area contributed by atoms with Crippen LogP contribution < -0.4 is 5.32 Å². The summed E-state index contributed by atoms with van der Waals surface area (Å²) in [6.45, 7) is 16.9. The highest BCUT2D eigenvalue weighted by Crippen LogP contribution is 2.30. The zero-order chi connectivity index (χ0) is 20.1. The van der Waals surface area contributed by atoms with Gasteiger partial charge in [0.05, 0.1) is 29.6 Å². The molecule has 1 unspecified atom stereocenters. The van der Waals surface area contributed by atoms with Crippen LogP contribution in [0.25, 0.3) is 5.52 Å². The Morgan fingerprint density at radius 3 is 2.23 bits per heavy atom. The van der Waals surface area contributed by atoms with Gasteiger partial charge in [-0.15, -0.1) is 0 Å². The molecule has 6 nitrogen and oxygen atoms in total. The lowest BCUT2D eigenvalue weighted by Gasteiger charge is -2.18. The number of aryl methyl sites for hydroxylation is 2. The highest BCUT2D eigenvalue weighted by Gasteiger charge is 2.25. The number of aliphatic hydroxyl groups is 2. The number of rotatable bonds is 5. The van der Waals surface area contributed by atoms with Crippen molar-refractivity contribution in [2.24, 2.45) is 5.92 Å². The van der Waals surface area contributed by atoms with Gasteiger partial charge in [0.1, 0.15) is 0 Å². The van der Waals surface area contributed by atoms with Gasteiger partial charge in [0.15, 0.2) is 0 Å². The highest BCUT2D eigenvalue weighted by molar-refractivity contribution is 5.64. The number of nitrogens with zero attached hydrogens (tertiary/aromatic N) is 3. The quantitative estimate of drug-likeness (QED) is 0.757. The van der Waals surface area contributed by atoms with Crippen LogP contribution in [0, 0.1) is 19.8 Å². The molecule has 0 amide bonds. The van der Waals surface area contributed by atoms with Crippen LogP contribution in [0.4, 0.5) is 5.95 Å². The van der Waals surface area contributed by atoms with Crippen LogP contribution in [0.1, 0.15) is 64.9 Å². The molecule has 2 rings (SSSR count). The molecule has 0 spiro atoms. The summed E-state index contributed by atoms with van der Waals surface area (Å²) >= 11 is 0. The second-order valence-corrected chi connectivity index (χ2v) is 8.23. The van der Waals surface area contributed by atoms with E-state index in [0.29, 0.717) is 5.92 Å². The van der Waals surface area contributed by atoms with E-state index >= 15 is 0 Å². The van der Waals surface area contributed by atoms with E-state index in [2.05, 4.69) is 58.0 Å². The number of hydrogen-bond acceptors (Lipinski definition) is 5. The maximum Gasteiger partial charge on any atom is 0.225 e. The van der Waals surface area contributed by atoms with E-state index in [1.165, 1.54) is 5.56 Å². The summed E-state index contributed by atoms with van der Waals surface area (Å²) in [4.78, 5) is 4.84. The van der Waals surface area contributed by atoms with Crippen LogP contribution in [0.5, 0.6) is 0 Å². The highest BCUT2D eigenvalue weighted by atomic mass is 16.3. The number of aromatic nitrogens is 3.